The Bertz CT molecular complexity index is 424. The maximum atomic E-state index is 9.58. The molecule has 0 aliphatic rings. The lowest BCUT2D eigenvalue weighted by atomic mass is 10.3. The van der Waals surface area contributed by atoms with Crippen LogP contribution in [-0.2, 0) is 0 Å². The van der Waals surface area contributed by atoms with E-state index in [9.17, 15) is 4.89 Å². The van der Waals surface area contributed by atoms with Gasteiger partial charge >= 0.3 is 17.2 Å². The van der Waals surface area contributed by atoms with E-state index in [1.54, 1.807) is 24.3 Å². The standard InChI is InChI=1S/C12H11O3P.H3O3P/c13-16(14-11-7-3-1-4-8-11)15-12-9-5-2-6-10-12;1-4(2)3/h1-10,13H;1-3H. The summed E-state index contributed by atoms with van der Waals surface area (Å²) >= 11 is 0. The Kier molecular flexibility index (Phi) is 8.07. The van der Waals surface area contributed by atoms with Crippen molar-refractivity contribution in [3.8, 4) is 11.5 Å². The second-order valence-electron chi connectivity index (χ2n) is 3.31. The first-order valence-corrected chi connectivity index (χ1v) is 7.73. The molecule has 0 saturated heterocycles. The minimum absolute atomic E-state index is 0.590. The molecule has 0 heterocycles. The number of rotatable bonds is 4. The molecule has 0 bridgehead atoms. The molecule has 2 aromatic rings. The largest absolute Gasteiger partial charge is 0.460 e. The van der Waals surface area contributed by atoms with Gasteiger partial charge in [-0.3, -0.25) is 0 Å². The Morgan fingerprint density at radius 2 is 0.900 bits per heavy atom. The van der Waals surface area contributed by atoms with Gasteiger partial charge in [0.05, 0.1) is 0 Å². The summed E-state index contributed by atoms with van der Waals surface area (Å²) in [4.78, 5) is 31.3. The van der Waals surface area contributed by atoms with Gasteiger partial charge in [-0.05, 0) is 24.3 Å². The molecule has 0 amide bonds. The van der Waals surface area contributed by atoms with Gasteiger partial charge in [-0.25, -0.2) is 0 Å². The molecule has 20 heavy (non-hydrogen) atoms. The lowest BCUT2D eigenvalue weighted by Crippen LogP contribution is -1.93. The highest BCUT2D eigenvalue weighted by atomic mass is 31.2. The van der Waals surface area contributed by atoms with Crippen molar-refractivity contribution < 1.29 is 28.6 Å². The zero-order valence-corrected chi connectivity index (χ0v) is 12.1. The first-order valence-electron chi connectivity index (χ1n) is 5.39. The van der Waals surface area contributed by atoms with Crippen LogP contribution in [0.25, 0.3) is 0 Å². The number of hydrogen-bond acceptors (Lipinski definition) is 6. The van der Waals surface area contributed by atoms with Crippen molar-refractivity contribution in [2.45, 2.75) is 0 Å². The van der Waals surface area contributed by atoms with Gasteiger partial charge in [0.2, 0.25) is 0 Å². The van der Waals surface area contributed by atoms with Crippen molar-refractivity contribution in [1.29, 1.82) is 0 Å². The van der Waals surface area contributed by atoms with E-state index in [0.717, 1.165) is 0 Å². The normalized spacial score (nSPS) is 9.90. The molecule has 0 radical (unpaired) electrons. The van der Waals surface area contributed by atoms with E-state index in [4.69, 9.17) is 23.7 Å². The molecule has 0 spiro atoms. The lowest BCUT2D eigenvalue weighted by Gasteiger charge is -2.11. The van der Waals surface area contributed by atoms with E-state index >= 15 is 0 Å². The summed E-state index contributed by atoms with van der Waals surface area (Å²) in [5, 5.41) is 0. The average molecular weight is 316 g/mol. The number of para-hydroxylation sites is 2. The quantitative estimate of drug-likeness (QED) is 0.647. The van der Waals surface area contributed by atoms with Crippen molar-refractivity contribution in [3.63, 3.8) is 0 Å². The molecule has 0 unspecified atom stereocenters. The van der Waals surface area contributed by atoms with Crippen molar-refractivity contribution in [1.82, 2.24) is 0 Å². The van der Waals surface area contributed by atoms with Crippen LogP contribution >= 0.6 is 17.2 Å². The second-order valence-corrected chi connectivity index (χ2v) is 4.69. The third kappa shape index (κ3) is 8.02. The van der Waals surface area contributed by atoms with E-state index in [1.807, 2.05) is 36.4 Å². The molecule has 8 heteroatoms. The molecule has 6 nitrogen and oxygen atoms in total. The highest BCUT2D eigenvalue weighted by molar-refractivity contribution is 7.41. The van der Waals surface area contributed by atoms with Crippen LogP contribution in [0.4, 0.5) is 0 Å². The predicted molar refractivity (Wildman–Crippen MR) is 76.9 cm³/mol. The summed E-state index contributed by atoms with van der Waals surface area (Å²) in [7, 11) is -4.55. The summed E-state index contributed by atoms with van der Waals surface area (Å²) < 4.78 is 10.4. The first kappa shape index (κ1) is 16.8. The van der Waals surface area contributed by atoms with Crippen LogP contribution in [0.2, 0.25) is 0 Å². The van der Waals surface area contributed by atoms with Gasteiger partial charge in [0.15, 0.2) is 0 Å². The Morgan fingerprint density at radius 3 is 1.20 bits per heavy atom. The Hall–Kier alpha value is -1.26. The molecule has 0 saturated carbocycles. The topological polar surface area (TPSA) is 99.4 Å². The fourth-order valence-corrected chi connectivity index (χ4v) is 1.80. The summed E-state index contributed by atoms with van der Waals surface area (Å²) in [5.41, 5.74) is 0. The van der Waals surface area contributed by atoms with Crippen molar-refractivity contribution >= 4 is 17.2 Å². The van der Waals surface area contributed by atoms with Crippen LogP contribution in [-0.4, -0.2) is 19.6 Å². The van der Waals surface area contributed by atoms with E-state index in [0.29, 0.717) is 11.5 Å². The lowest BCUT2D eigenvalue weighted by molar-refractivity contribution is 0.368. The molecule has 0 aromatic heterocycles. The fraction of sp³-hybridized carbons (Fsp3) is 0. The molecule has 0 fully saturated rings. The minimum Gasteiger partial charge on any atom is -0.418 e. The van der Waals surface area contributed by atoms with E-state index in [-0.39, 0.29) is 0 Å². The van der Waals surface area contributed by atoms with Gasteiger partial charge in [-0.1, -0.05) is 36.4 Å². The van der Waals surface area contributed by atoms with Crippen LogP contribution in [0, 0.1) is 0 Å². The highest BCUT2D eigenvalue weighted by Crippen LogP contribution is 2.35. The second kappa shape index (κ2) is 9.61. The maximum absolute atomic E-state index is 9.58. The third-order valence-electron chi connectivity index (χ3n) is 1.85. The Balaban J connectivity index is 0.000000444. The minimum atomic E-state index is -2.62. The molecule has 0 aliphatic carbocycles. The fourth-order valence-electron chi connectivity index (χ4n) is 1.16. The van der Waals surface area contributed by atoms with Crippen molar-refractivity contribution in [2.75, 3.05) is 0 Å². The third-order valence-corrected chi connectivity index (χ3v) is 2.59. The van der Waals surface area contributed by atoms with Gasteiger partial charge in [0, 0.05) is 0 Å². The summed E-state index contributed by atoms with van der Waals surface area (Å²) in [6.45, 7) is 0. The molecule has 0 atom stereocenters. The smallest absolute Gasteiger partial charge is 0.418 e. The van der Waals surface area contributed by atoms with Gasteiger partial charge in [-0.15, -0.1) is 0 Å². The van der Waals surface area contributed by atoms with E-state index in [2.05, 4.69) is 0 Å². The zero-order valence-electron chi connectivity index (χ0n) is 10.3. The van der Waals surface area contributed by atoms with Crippen LogP contribution in [0.1, 0.15) is 0 Å². The molecule has 108 valence electrons. The summed E-state index contributed by atoms with van der Waals surface area (Å²) in [5.74, 6) is 1.18. The average Bonchev–Trinajstić information content (AvgIpc) is 2.40. The van der Waals surface area contributed by atoms with Crippen LogP contribution < -0.4 is 9.05 Å². The van der Waals surface area contributed by atoms with E-state index < -0.39 is 17.2 Å². The molecule has 2 rings (SSSR count). The Morgan fingerprint density at radius 1 is 0.600 bits per heavy atom. The van der Waals surface area contributed by atoms with Gasteiger partial charge in [0.25, 0.3) is 0 Å². The molecule has 4 N–H and O–H groups in total. The summed E-state index contributed by atoms with van der Waals surface area (Å²) in [6, 6.07) is 18.2. The number of benzene rings is 2. The van der Waals surface area contributed by atoms with E-state index in [1.165, 1.54) is 0 Å². The Labute approximate surface area is 118 Å². The van der Waals surface area contributed by atoms with Crippen LogP contribution in [0.5, 0.6) is 11.5 Å². The summed E-state index contributed by atoms with van der Waals surface area (Å²) in [6.07, 6.45) is 0. The zero-order chi connectivity index (χ0) is 14.8. The van der Waals surface area contributed by atoms with Crippen molar-refractivity contribution in [2.24, 2.45) is 0 Å². The molecular weight excluding hydrogens is 302 g/mol. The molecule has 0 aliphatic heterocycles. The monoisotopic (exact) mass is 316 g/mol. The first-order chi connectivity index (χ1) is 9.58. The van der Waals surface area contributed by atoms with Crippen molar-refractivity contribution in [3.05, 3.63) is 60.7 Å². The van der Waals surface area contributed by atoms with Gasteiger partial charge < -0.3 is 28.6 Å². The highest BCUT2D eigenvalue weighted by Gasteiger charge is 2.10. The van der Waals surface area contributed by atoms with Gasteiger partial charge in [0.1, 0.15) is 11.5 Å². The van der Waals surface area contributed by atoms with Crippen LogP contribution in [0.15, 0.2) is 60.7 Å². The van der Waals surface area contributed by atoms with Crippen LogP contribution in [0.3, 0.4) is 0 Å². The molecular formula is C12H14O6P2. The van der Waals surface area contributed by atoms with Gasteiger partial charge in [-0.2, -0.15) is 0 Å². The molecule has 2 aromatic carbocycles. The maximum Gasteiger partial charge on any atom is 0.460 e. The predicted octanol–water partition coefficient (Wildman–Crippen LogP) is 2.55. The SMILES string of the molecule is OP(O)O.OP(Oc1ccccc1)Oc1ccccc1. The number of hydrogen-bond donors (Lipinski definition) is 4.